The predicted molar refractivity (Wildman–Crippen MR) is 122 cm³/mol. The van der Waals surface area contributed by atoms with Gasteiger partial charge in [-0.2, -0.15) is 13.2 Å². The SMILES string of the molecule is O=C(O)C(F)(F)F.O=C(OCOc1ccc2c(c1)[C@@]13CCCC[C@@H]1[C@H](C2)NCC3)C1CCCCC1. The molecule has 194 valence electrons. The summed E-state index contributed by atoms with van der Waals surface area (Å²) in [5.74, 6) is -1.14. The molecule has 1 heterocycles. The van der Waals surface area contributed by atoms with Crippen molar-refractivity contribution in [3.63, 3.8) is 0 Å². The van der Waals surface area contributed by atoms with Gasteiger partial charge in [0.1, 0.15) is 5.75 Å². The Hall–Kier alpha value is -2.29. The molecule has 0 spiro atoms. The lowest BCUT2D eigenvalue weighted by Gasteiger charge is -2.56. The van der Waals surface area contributed by atoms with E-state index in [2.05, 4.69) is 23.5 Å². The predicted octanol–water partition coefficient (Wildman–Crippen LogP) is 5.13. The topological polar surface area (TPSA) is 84.9 Å². The molecule has 2 N–H and O–H groups in total. The second-order valence-corrected chi connectivity index (χ2v) is 10.2. The molecule has 1 aliphatic heterocycles. The smallest absolute Gasteiger partial charge is 0.475 e. The highest BCUT2D eigenvalue weighted by atomic mass is 19.4. The van der Waals surface area contributed by atoms with E-state index < -0.39 is 12.1 Å². The molecule has 1 aromatic rings. The zero-order valence-corrected chi connectivity index (χ0v) is 19.9. The Morgan fingerprint density at radius 1 is 1.06 bits per heavy atom. The number of alkyl halides is 3. The zero-order chi connectivity index (χ0) is 25.1. The first kappa shape index (κ1) is 25.8. The number of ether oxygens (including phenoxy) is 2. The van der Waals surface area contributed by atoms with Crippen LogP contribution in [-0.2, 0) is 26.2 Å². The number of piperidine rings is 1. The van der Waals surface area contributed by atoms with Crippen LogP contribution in [0.15, 0.2) is 18.2 Å². The van der Waals surface area contributed by atoms with Crippen molar-refractivity contribution in [1.29, 1.82) is 0 Å². The zero-order valence-electron chi connectivity index (χ0n) is 19.9. The van der Waals surface area contributed by atoms with Crippen LogP contribution in [0.1, 0.15) is 75.3 Å². The van der Waals surface area contributed by atoms with E-state index >= 15 is 0 Å². The maximum atomic E-state index is 12.2. The van der Waals surface area contributed by atoms with Crippen LogP contribution in [0.25, 0.3) is 0 Å². The molecule has 4 aliphatic rings. The summed E-state index contributed by atoms with van der Waals surface area (Å²) in [6.45, 7) is 1.17. The molecule has 3 aliphatic carbocycles. The van der Waals surface area contributed by atoms with Crippen LogP contribution in [0.3, 0.4) is 0 Å². The molecule has 0 radical (unpaired) electrons. The standard InChI is InChI=1S/C24H33NO3.C2HF3O2/c26-23(17-6-2-1-3-7-17)28-16-27-19-10-9-18-14-22-20-8-4-5-11-24(20,12-13-25-22)21(18)15-19;3-2(4,5)1(6)7/h9-10,15,17,20,22,25H,1-8,11-14,16H2;(H,6,7)/t20-,22+,24-;/m1./s1. The van der Waals surface area contributed by atoms with E-state index in [0.717, 1.165) is 50.3 Å². The van der Waals surface area contributed by atoms with Gasteiger partial charge in [0, 0.05) is 11.5 Å². The fraction of sp³-hybridized carbons (Fsp3) is 0.692. The number of aliphatic carboxylic acids is 1. The van der Waals surface area contributed by atoms with Gasteiger partial charge in [0.05, 0.1) is 5.92 Å². The summed E-state index contributed by atoms with van der Waals surface area (Å²) in [5.41, 5.74) is 3.34. The molecule has 9 heteroatoms. The van der Waals surface area contributed by atoms with Crippen LogP contribution in [0, 0.1) is 11.8 Å². The number of carboxylic acid groups (broad SMARTS) is 1. The molecule has 35 heavy (non-hydrogen) atoms. The second-order valence-electron chi connectivity index (χ2n) is 10.2. The lowest BCUT2D eigenvalue weighted by atomic mass is 9.53. The number of nitrogens with one attached hydrogen (secondary N) is 1. The summed E-state index contributed by atoms with van der Waals surface area (Å²) in [4.78, 5) is 21.1. The normalized spacial score (nSPS) is 28.0. The van der Waals surface area contributed by atoms with Gasteiger partial charge >= 0.3 is 18.1 Å². The van der Waals surface area contributed by atoms with E-state index in [9.17, 15) is 18.0 Å². The van der Waals surface area contributed by atoms with Gasteiger partial charge in [0.15, 0.2) is 0 Å². The fourth-order valence-electron chi connectivity index (χ4n) is 6.60. The third-order valence-electron chi connectivity index (χ3n) is 8.23. The number of hydrogen-bond acceptors (Lipinski definition) is 5. The molecule has 2 bridgehead atoms. The van der Waals surface area contributed by atoms with Gasteiger partial charge in [0.25, 0.3) is 0 Å². The number of halogens is 3. The first-order valence-electron chi connectivity index (χ1n) is 12.7. The van der Waals surface area contributed by atoms with Crippen LogP contribution >= 0.6 is 0 Å². The molecule has 1 aromatic carbocycles. The van der Waals surface area contributed by atoms with Crippen molar-refractivity contribution in [2.24, 2.45) is 11.8 Å². The molecule has 2 saturated carbocycles. The molecular formula is C26H34F3NO5. The summed E-state index contributed by atoms with van der Waals surface area (Å²) >= 11 is 0. The Morgan fingerprint density at radius 3 is 2.49 bits per heavy atom. The van der Waals surface area contributed by atoms with Gasteiger partial charge in [-0.25, -0.2) is 4.79 Å². The minimum absolute atomic E-state index is 0.0364. The number of hydrogen-bond donors (Lipinski definition) is 2. The maximum Gasteiger partial charge on any atom is 0.490 e. The highest BCUT2D eigenvalue weighted by Crippen LogP contribution is 2.54. The molecule has 0 aromatic heterocycles. The summed E-state index contributed by atoms with van der Waals surface area (Å²) in [5, 5.41) is 10.9. The molecule has 0 unspecified atom stereocenters. The van der Waals surface area contributed by atoms with Crippen molar-refractivity contribution in [2.45, 2.75) is 88.3 Å². The third kappa shape index (κ3) is 5.76. The van der Waals surface area contributed by atoms with Crippen LogP contribution < -0.4 is 10.1 Å². The molecule has 5 rings (SSSR count). The van der Waals surface area contributed by atoms with E-state index in [-0.39, 0.29) is 18.7 Å². The Labute approximate surface area is 203 Å². The van der Waals surface area contributed by atoms with Crippen molar-refractivity contribution in [2.75, 3.05) is 13.3 Å². The van der Waals surface area contributed by atoms with Crippen molar-refractivity contribution < 1.29 is 37.3 Å². The van der Waals surface area contributed by atoms with Crippen molar-refractivity contribution in [1.82, 2.24) is 5.32 Å². The quantitative estimate of drug-likeness (QED) is 0.444. The van der Waals surface area contributed by atoms with Crippen molar-refractivity contribution in [3.8, 4) is 5.75 Å². The van der Waals surface area contributed by atoms with E-state index in [4.69, 9.17) is 19.4 Å². The number of fused-ring (bicyclic) bond motifs is 1. The van der Waals surface area contributed by atoms with Gasteiger partial charge in [-0.05, 0) is 74.2 Å². The van der Waals surface area contributed by atoms with E-state index in [1.807, 2.05) is 0 Å². The molecular weight excluding hydrogens is 463 g/mol. The highest BCUT2D eigenvalue weighted by molar-refractivity contribution is 5.73. The maximum absolute atomic E-state index is 12.2. The molecule has 1 saturated heterocycles. The molecule has 3 fully saturated rings. The fourth-order valence-corrected chi connectivity index (χ4v) is 6.60. The number of rotatable bonds is 4. The summed E-state index contributed by atoms with van der Waals surface area (Å²) in [7, 11) is 0. The van der Waals surface area contributed by atoms with E-state index in [0.29, 0.717) is 11.5 Å². The number of esters is 1. The van der Waals surface area contributed by atoms with E-state index in [1.54, 1.807) is 0 Å². The van der Waals surface area contributed by atoms with Crippen LogP contribution in [0.2, 0.25) is 0 Å². The minimum Gasteiger partial charge on any atom is -0.475 e. The average Bonchev–Trinajstić information content (AvgIpc) is 2.84. The molecule has 0 amide bonds. The number of carboxylic acids is 1. The van der Waals surface area contributed by atoms with Gasteiger partial charge < -0.3 is 19.9 Å². The van der Waals surface area contributed by atoms with Gasteiger partial charge in [-0.1, -0.05) is 38.2 Å². The van der Waals surface area contributed by atoms with Gasteiger partial charge in [-0.15, -0.1) is 0 Å². The number of carbonyl (C=O) groups excluding carboxylic acids is 1. The van der Waals surface area contributed by atoms with Crippen LogP contribution in [0.4, 0.5) is 13.2 Å². The lowest BCUT2D eigenvalue weighted by molar-refractivity contribution is -0.192. The van der Waals surface area contributed by atoms with Gasteiger partial charge in [-0.3, -0.25) is 4.79 Å². The number of carbonyl (C=O) groups is 2. The summed E-state index contributed by atoms with van der Waals surface area (Å²) < 4.78 is 43.1. The number of benzene rings is 1. The highest BCUT2D eigenvalue weighted by Gasteiger charge is 2.51. The van der Waals surface area contributed by atoms with Crippen LogP contribution in [-0.4, -0.2) is 42.6 Å². The van der Waals surface area contributed by atoms with Crippen LogP contribution in [0.5, 0.6) is 5.75 Å². The molecule has 6 nitrogen and oxygen atoms in total. The Balaban J connectivity index is 0.000000364. The Bertz CT molecular complexity index is 911. The monoisotopic (exact) mass is 497 g/mol. The first-order chi connectivity index (χ1) is 16.7. The molecule has 3 atom stereocenters. The summed E-state index contributed by atoms with van der Waals surface area (Å²) in [6.07, 6.45) is 8.13. The van der Waals surface area contributed by atoms with Crippen molar-refractivity contribution in [3.05, 3.63) is 29.3 Å². The van der Waals surface area contributed by atoms with Gasteiger partial charge in [0.2, 0.25) is 6.79 Å². The Morgan fingerprint density at radius 2 is 1.77 bits per heavy atom. The second kappa shape index (κ2) is 10.8. The first-order valence-corrected chi connectivity index (χ1v) is 12.7. The lowest BCUT2D eigenvalue weighted by Crippen LogP contribution is -2.59. The Kier molecular flexibility index (Phi) is 7.93. The minimum atomic E-state index is -5.08. The third-order valence-corrected chi connectivity index (χ3v) is 8.23. The largest absolute Gasteiger partial charge is 0.490 e. The van der Waals surface area contributed by atoms with E-state index in [1.165, 1.54) is 49.7 Å². The average molecular weight is 498 g/mol. The van der Waals surface area contributed by atoms with Crippen molar-refractivity contribution >= 4 is 11.9 Å². The summed E-state index contributed by atoms with van der Waals surface area (Å²) in [6, 6.07) is 7.22.